The van der Waals surface area contributed by atoms with Gasteiger partial charge in [0.15, 0.2) is 16.8 Å². The summed E-state index contributed by atoms with van der Waals surface area (Å²) in [6, 6.07) is 15.6. The van der Waals surface area contributed by atoms with Crippen molar-refractivity contribution in [3.8, 4) is 22.8 Å². The van der Waals surface area contributed by atoms with Crippen molar-refractivity contribution in [1.29, 1.82) is 0 Å². The maximum Gasteiger partial charge on any atom is 0.234 e. The van der Waals surface area contributed by atoms with Crippen LogP contribution in [0, 0.1) is 13.8 Å². The molecule has 0 aliphatic heterocycles. The Balaban J connectivity index is 1.39. The zero-order valence-corrected chi connectivity index (χ0v) is 18.4. The summed E-state index contributed by atoms with van der Waals surface area (Å²) in [6.07, 6.45) is 0. The van der Waals surface area contributed by atoms with Crippen molar-refractivity contribution in [2.24, 2.45) is 0 Å². The molecule has 2 aromatic heterocycles. The number of carbonyl (C=O) groups excluding carboxylic acids is 1. The number of nitrogens with one attached hydrogen (secondary N) is 2. The van der Waals surface area contributed by atoms with Crippen molar-refractivity contribution >= 4 is 23.4 Å². The maximum absolute atomic E-state index is 12.4. The largest absolute Gasteiger partial charge is 0.325 e. The number of rotatable bonds is 7. The molecule has 9 heteroatoms. The highest BCUT2D eigenvalue weighted by molar-refractivity contribution is 7.99. The molecule has 2 N–H and O–H groups in total. The normalized spacial score (nSPS) is 10.9. The van der Waals surface area contributed by atoms with E-state index in [1.807, 2.05) is 54.8 Å². The predicted octanol–water partition coefficient (Wildman–Crippen LogP) is 4.10. The van der Waals surface area contributed by atoms with Crippen LogP contribution < -0.4 is 5.32 Å². The van der Waals surface area contributed by atoms with Crippen molar-refractivity contribution in [3.63, 3.8) is 0 Å². The van der Waals surface area contributed by atoms with Crippen LogP contribution in [0.1, 0.15) is 18.3 Å². The van der Waals surface area contributed by atoms with E-state index in [1.54, 1.807) is 0 Å². The van der Waals surface area contributed by atoms with E-state index in [0.717, 1.165) is 40.2 Å². The van der Waals surface area contributed by atoms with Gasteiger partial charge in [0, 0.05) is 23.4 Å². The van der Waals surface area contributed by atoms with Crippen LogP contribution in [0.3, 0.4) is 0 Å². The standard InChI is InChI=1S/C22H23N7OS/c1-4-29-21(17-7-5-6-14(2)12-17)27-28-22(29)31-13-19(30)24-18-10-8-16(9-11-18)20-23-15(3)25-26-20/h5-12H,4,13H2,1-3H3,(H,24,30)(H,23,25,26). The molecule has 1 amide bonds. The van der Waals surface area contributed by atoms with E-state index in [2.05, 4.69) is 49.8 Å². The smallest absolute Gasteiger partial charge is 0.234 e. The fraction of sp³-hybridized carbons (Fsp3) is 0.227. The van der Waals surface area contributed by atoms with Crippen LogP contribution in [0.4, 0.5) is 5.69 Å². The molecular formula is C22H23N7OS. The molecule has 0 saturated heterocycles. The van der Waals surface area contributed by atoms with Gasteiger partial charge in [-0.2, -0.15) is 5.10 Å². The molecular weight excluding hydrogens is 410 g/mol. The minimum Gasteiger partial charge on any atom is -0.325 e. The number of hydrogen-bond acceptors (Lipinski definition) is 6. The van der Waals surface area contributed by atoms with Gasteiger partial charge in [-0.25, -0.2) is 4.98 Å². The number of H-pyrrole nitrogens is 1. The number of aromatic amines is 1. The van der Waals surface area contributed by atoms with Crippen LogP contribution in [0.2, 0.25) is 0 Å². The summed E-state index contributed by atoms with van der Waals surface area (Å²) in [5.74, 6) is 2.35. The van der Waals surface area contributed by atoms with Gasteiger partial charge >= 0.3 is 0 Å². The highest BCUT2D eigenvalue weighted by Gasteiger charge is 2.15. The molecule has 0 saturated carbocycles. The number of amides is 1. The van der Waals surface area contributed by atoms with E-state index in [4.69, 9.17) is 0 Å². The molecule has 2 aromatic carbocycles. The van der Waals surface area contributed by atoms with Gasteiger partial charge in [0.1, 0.15) is 5.82 Å². The first-order chi connectivity index (χ1) is 15.0. The number of anilines is 1. The molecule has 0 fully saturated rings. The Morgan fingerprint density at radius 3 is 2.58 bits per heavy atom. The lowest BCUT2D eigenvalue weighted by molar-refractivity contribution is -0.113. The molecule has 0 aliphatic carbocycles. The van der Waals surface area contributed by atoms with E-state index in [1.165, 1.54) is 17.3 Å². The van der Waals surface area contributed by atoms with Crippen LogP contribution >= 0.6 is 11.8 Å². The van der Waals surface area contributed by atoms with Crippen molar-refractivity contribution in [2.45, 2.75) is 32.5 Å². The fourth-order valence-corrected chi connectivity index (χ4v) is 3.98. The van der Waals surface area contributed by atoms with Crippen LogP contribution in [-0.4, -0.2) is 41.6 Å². The number of aromatic nitrogens is 6. The molecule has 0 spiro atoms. The van der Waals surface area contributed by atoms with Crippen molar-refractivity contribution in [2.75, 3.05) is 11.1 Å². The van der Waals surface area contributed by atoms with Crippen molar-refractivity contribution in [1.82, 2.24) is 29.9 Å². The Bertz CT molecular complexity index is 1200. The highest BCUT2D eigenvalue weighted by atomic mass is 32.2. The van der Waals surface area contributed by atoms with Crippen molar-refractivity contribution < 1.29 is 4.79 Å². The third kappa shape index (κ3) is 4.83. The average Bonchev–Trinajstić information content (AvgIpc) is 3.38. The van der Waals surface area contributed by atoms with E-state index in [0.29, 0.717) is 5.82 Å². The van der Waals surface area contributed by atoms with Gasteiger partial charge < -0.3 is 9.88 Å². The predicted molar refractivity (Wildman–Crippen MR) is 122 cm³/mol. The summed E-state index contributed by atoms with van der Waals surface area (Å²) in [4.78, 5) is 16.8. The lowest BCUT2D eigenvalue weighted by Crippen LogP contribution is -2.14. The minimum atomic E-state index is -0.103. The van der Waals surface area contributed by atoms with Gasteiger partial charge in [-0.1, -0.05) is 35.5 Å². The molecule has 2 heterocycles. The third-order valence-corrected chi connectivity index (χ3v) is 5.63. The lowest BCUT2D eigenvalue weighted by Gasteiger charge is -2.08. The topological polar surface area (TPSA) is 101 Å². The summed E-state index contributed by atoms with van der Waals surface area (Å²) >= 11 is 1.37. The SMILES string of the molecule is CCn1c(SCC(=O)Nc2ccc(-c3n[nH]c(C)n3)cc2)nnc1-c1cccc(C)c1. The molecule has 0 bridgehead atoms. The molecule has 0 atom stereocenters. The number of carbonyl (C=O) groups is 1. The first-order valence-corrected chi connectivity index (χ1v) is 10.9. The molecule has 0 aliphatic rings. The molecule has 8 nitrogen and oxygen atoms in total. The second-order valence-corrected chi connectivity index (χ2v) is 8.02. The highest BCUT2D eigenvalue weighted by Crippen LogP contribution is 2.25. The Labute approximate surface area is 184 Å². The third-order valence-electron chi connectivity index (χ3n) is 4.67. The lowest BCUT2D eigenvalue weighted by atomic mass is 10.1. The number of aryl methyl sites for hydroxylation is 2. The van der Waals surface area contributed by atoms with Gasteiger partial charge in [0.05, 0.1) is 5.75 Å². The Morgan fingerprint density at radius 2 is 1.90 bits per heavy atom. The average molecular weight is 434 g/mol. The summed E-state index contributed by atoms with van der Waals surface area (Å²) < 4.78 is 2.03. The van der Waals surface area contributed by atoms with E-state index < -0.39 is 0 Å². The fourth-order valence-electron chi connectivity index (χ4n) is 3.18. The van der Waals surface area contributed by atoms with Gasteiger partial charge in [-0.3, -0.25) is 9.89 Å². The summed E-state index contributed by atoms with van der Waals surface area (Å²) in [5.41, 5.74) is 3.80. The first-order valence-electron chi connectivity index (χ1n) is 9.96. The summed E-state index contributed by atoms with van der Waals surface area (Å²) in [7, 11) is 0. The Hall–Kier alpha value is -3.46. The van der Waals surface area contributed by atoms with Gasteiger partial charge in [-0.05, 0) is 51.1 Å². The summed E-state index contributed by atoms with van der Waals surface area (Å²) in [6.45, 7) is 6.67. The van der Waals surface area contributed by atoms with Crippen molar-refractivity contribution in [3.05, 3.63) is 59.9 Å². The number of benzene rings is 2. The zero-order valence-electron chi connectivity index (χ0n) is 17.6. The van der Waals surface area contributed by atoms with Gasteiger partial charge in [0.25, 0.3) is 0 Å². The quantitative estimate of drug-likeness (QED) is 0.426. The second kappa shape index (κ2) is 9.13. The molecule has 0 radical (unpaired) electrons. The second-order valence-electron chi connectivity index (χ2n) is 7.08. The monoisotopic (exact) mass is 433 g/mol. The van der Waals surface area contributed by atoms with E-state index >= 15 is 0 Å². The van der Waals surface area contributed by atoms with Crippen LogP contribution in [0.15, 0.2) is 53.7 Å². The molecule has 4 aromatic rings. The van der Waals surface area contributed by atoms with Crippen LogP contribution in [0.25, 0.3) is 22.8 Å². The molecule has 31 heavy (non-hydrogen) atoms. The van der Waals surface area contributed by atoms with Crippen LogP contribution in [0.5, 0.6) is 0 Å². The van der Waals surface area contributed by atoms with Gasteiger partial charge in [0.2, 0.25) is 5.91 Å². The number of hydrogen-bond donors (Lipinski definition) is 2. The zero-order chi connectivity index (χ0) is 21.8. The number of thioether (sulfide) groups is 1. The Morgan fingerprint density at radius 1 is 1.10 bits per heavy atom. The number of nitrogens with zero attached hydrogens (tertiary/aromatic N) is 5. The molecule has 158 valence electrons. The maximum atomic E-state index is 12.4. The summed E-state index contributed by atoms with van der Waals surface area (Å²) in [5, 5.41) is 19.3. The molecule has 4 rings (SSSR count). The minimum absolute atomic E-state index is 0.103. The first kappa shape index (κ1) is 20.8. The van der Waals surface area contributed by atoms with Crippen LogP contribution in [-0.2, 0) is 11.3 Å². The van der Waals surface area contributed by atoms with E-state index in [-0.39, 0.29) is 11.7 Å². The van der Waals surface area contributed by atoms with Gasteiger partial charge in [-0.15, -0.1) is 10.2 Å². The Kier molecular flexibility index (Phi) is 6.13. The van der Waals surface area contributed by atoms with E-state index in [9.17, 15) is 4.79 Å². The molecule has 0 unspecified atom stereocenters.